The molecule has 2 aliphatic heterocycles. The summed E-state index contributed by atoms with van der Waals surface area (Å²) in [4.78, 5) is 66.3. The van der Waals surface area contributed by atoms with Crippen molar-refractivity contribution >= 4 is 41.0 Å². The minimum absolute atomic E-state index is 0.0136. The number of benzene rings is 3. The van der Waals surface area contributed by atoms with Gasteiger partial charge in [-0.2, -0.15) is 0 Å². The highest BCUT2D eigenvalue weighted by atomic mass is 16.5. The average molecular weight is 498 g/mol. The molecule has 3 aromatic carbocycles. The highest BCUT2D eigenvalue weighted by Crippen LogP contribution is 2.36. The van der Waals surface area contributed by atoms with E-state index in [1.807, 2.05) is 0 Å². The second-order valence-electron chi connectivity index (χ2n) is 9.28. The second kappa shape index (κ2) is 9.02. The summed E-state index contributed by atoms with van der Waals surface area (Å²) >= 11 is 0. The van der Waals surface area contributed by atoms with Crippen LogP contribution in [0.15, 0.2) is 72.8 Å². The predicted molar refractivity (Wildman–Crippen MR) is 134 cm³/mol. The average Bonchev–Trinajstić information content (AvgIpc) is 3.13. The van der Waals surface area contributed by atoms with Gasteiger partial charge in [0.1, 0.15) is 5.54 Å². The molecule has 0 saturated carbocycles. The fourth-order valence-electron chi connectivity index (χ4n) is 4.54. The van der Waals surface area contributed by atoms with E-state index in [0.29, 0.717) is 28.1 Å². The number of nitrogens with zero attached hydrogens (tertiary/aromatic N) is 2. The number of carbonyl (C=O) groups is 5. The van der Waals surface area contributed by atoms with Crippen LogP contribution in [0.5, 0.6) is 0 Å². The summed E-state index contributed by atoms with van der Waals surface area (Å²) in [5, 5.41) is 2.78. The van der Waals surface area contributed by atoms with E-state index in [0.717, 1.165) is 4.90 Å². The molecular formula is C28H23N3O6. The first-order valence-electron chi connectivity index (χ1n) is 11.6. The first-order valence-corrected chi connectivity index (χ1v) is 11.6. The van der Waals surface area contributed by atoms with Crippen molar-refractivity contribution in [1.82, 2.24) is 4.90 Å². The van der Waals surface area contributed by atoms with Crippen molar-refractivity contribution in [3.63, 3.8) is 0 Å². The lowest BCUT2D eigenvalue weighted by Crippen LogP contribution is -2.59. The zero-order valence-corrected chi connectivity index (χ0v) is 20.2. The maximum absolute atomic E-state index is 13.1. The highest BCUT2D eigenvalue weighted by molar-refractivity contribution is 6.21. The number of esters is 1. The molecule has 4 amide bonds. The highest BCUT2D eigenvalue weighted by Gasteiger charge is 2.43. The molecule has 0 aliphatic carbocycles. The molecule has 0 aromatic heterocycles. The molecule has 0 saturated heterocycles. The molecular weight excluding hydrogens is 474 g/mol. The van der Waals surface area contributed by atoms with Crippen molar-refractivity contribution < 1.29 is 28.7 Å². The minimum Gasteiger partial charge on any atom is -0.452 e. The Balaban J connectivity index is 1.28. The van der Waals surface area contributed by atoms with E-state index in [9.17, 15) is 24.0 Å². The summed E-state index contributed by atoms with van der Waals surface area (Å²) in [6.07, 6.45) is 0. The topological polar surface area (TPSA) is 113 Å². The summed E-state index contributed by atoms with van der Waals surface area (Å²) in [6.45, 7) is 2.63. The van der Waals surface area contributed by atoms with E-state index < -0.39 is 35.8 Å². The Morgan fingerprint density at radius 2 is 1.51 bits per heavy atom. The molecule has 0 radical (unpaired) electrons. The molecule has 1 N–H and O–H groups in total. The fraction of sp³-hybridized carbons (Fsp3) is 0.179. The zero-order valence-electron chi connectivity index (χ0n) is 20.2. The Labute approximate surface area is 212 Å². The number of carbonyl (C=O) groups excluding carboxylic acids is 5. The number of para-hydroxylation sites is 2. The molecule has 9 heteroatoms. The number of rotatable bonds is 5. The van der Waals surface area contributed by atoms with Crippen molar-refractivity contribution in [2.45, 2.75) is 25.9 Å². The number of hydrogen-bond acceptors (Lipinski definition) is 6. The van der Waals surface area contributed by atoms with Crippen LogP contribution in [0.25, 0.3) is 0 Å². The molecule has 186 valence electrons. The number of anilines is 2. The van der Waals surface area contributed by atoms with Gasteiger partial charge in [0.25, 0.3) is 17.7 Å². The summed E-state index contributed by atoms with van der Waals surface area (Å²) in [5.41, 5.74) is 1.22. The van der Waals surface area contributed by atoms with Crippen LogP contribution >= 0.6 is 0 Å². The van der Waals surface area contributed by atoms with Crippen LogP contribution in [0.1, 0.15) is 50.5 Å². The molecule has 0 fully saturated rings. The lowest BCUT2D eigenvalue weighted by Gasteiger charge is -2.41. The summed E-state index contributed by atoms with van der Waals surface area (Å²) in [5.74, 6) is -2.44. The third-order valence-electron chi connectivity index (χ3n) is 6.47. The van der Waals surface area contributed by atoms with Gasteiger partial charge in [0.15, 0.2) is 6.61 Å². The maximum atomic E-state index is 13.1. The molecule has 5 rings (SSSR count). The molecule has 9 nitrogen and oxygen atoms in total. The summed E-state index contributed by atoms with van der Waals surface area (Å²) in [7, 11) is 0. The Kier molecular flexibility index (Phi) is 5.83. The van der Waals surface area contributed by atoms with Gasteiger partial charge in [0, 0.05) is 0 Å². The van der Waals surface area contributed by atoms with Gasteiger partial charge in [-0.05, 0) is 55.8 Å². The Morgan fingerprint density at radius 1 is 0.865 bits per heavy atom. The third-order valence-corrected chi connectivity index (χ3v) is 6.47. The first-order chi connectivity index (χ1) is 17.7. The number of hydrogen-bond donors (Lipinski definition) is 1. The Bertz CT molecular complexity index is 1440. The van der Waals surface area contributed by atoms with E-state index in [1.165, 1.54) is 17.0 Å². The first kappa shape index (κ1) is 23.9. The predicted octanol–water partition coefficient (Wildman–Crippen LogP) is 3.40. The van der Waals surface area contributed by atoms with Gasteiger partial charge in [0.05, 0.1) is 34.6 Å². The molecule has 2 aliphatic rings. The summed E-state index contributed by atoms with van der Waals surface area (Å²) < 4.78 is 5.30. The van der Waals surface area contributed by atoms with Gasteiger partial charge in [-0.25, -0.2) is 4.79 Å². The van der Waals surface area contributed by atoms with Crippen molar-refractivity contribution in [3.05, 3.63) is 95.1 Å². The molecule has 0 bridgehead atoms. The standard InChI is InChI=1S/C28H23N3O6/c1-28(2)27(36)29-21-12-5-6-13-22(21)31(28)23(32)16-37-26(35)18-9-7-8-17(14-18)15-30-24(33)19-10-3-4-11-20(19)25(30)34/h3-14H,15-16H2,1-2H3,(H,29,36). The molecule has 0 atom stereocenters. The Morgan fingerprint density at radius 3 is 2.22 bits per heavy atom. The van der Waals surface area contributed by atoms with Gasteiger partial charge in [-0.1, -0.05) is 36.4 Å². The van der Waals surface area contributed by atoms with Gasteiger partial charge < -0.3 is 10.1 Å². The van der Waals surface area contributed by atoms with Gasteiger partial charge in [-0.15, -0.1) is 0 Å². The van der Waals surface area contributed by atoms with Crippen LogP contribution in [0.3, 0.4) is 0 Å². The number of imide groups is 1. The van der Waals surface area contributed by atoms with Crippen molar-refractivity contribution in [2.24, 2.45) is 0 Å². The third kappa shape index (κ3) is 4.14. The summed E-state index contributed by atoms with van der Waals surface area (Å²) in [6, 6.07) is 19.8. The van der Waals surface area contributed by atoms with Crippen LogP contribution in [-0.4, -0.2) is 46.6 Å². The van der Waals surface area contributed by atoms with E-state index in [2.05, 4.69) is 5.32 Å². The zero-order chi connectivity index (χ0) is 26.3. The minimum atomic E-state index is -1.19. The van der Waals surface area contributed by atoms with Gasteiger partial charge in [-0.3, -0.25) is 29.0 Å². The van der Waals surface area contributed by atoms with Crippen molar-refractivity contribution in [3.8, 4) is 0 Å². The van der Waals surface area contributed by atoms with Crippen LogP contribution < -0.4 is 10.2 Å². The van der Waals surface area contributed by atoms with Crippen LogP contribution in [-0.2, 0) is 20.9 Å². The normalized spacial score (nSPS) is 15.7. The van der Waals surface area contributed by atoms with Crippen LogP contribution in [0.4, 0.5) is 11.4 Å². The molecule has 37 heavy (non-hydrogen) atoms. The van der Waals surface area contributed by atoms with Gasteiger partial charge in [0.2, 0.25) is 5.91 Å². The Hall–Kier alpha value is -4.79. The quantitative estimate of drug-likeness (QED) is 0.427. The SMILES string of the molecule is CC1(C)C(=O)Nc2ccccc2N1C(=O)COC(=O)c1cccc(CN2C(=O)c3ccccc3C2=O)c1. The number of fused-ring (bicyclic) bond motifs is 2. The monoisotopic (exact) mass is 497 g/mol. The lowest BCUT2D eigenvalue weighted by molar-refractivity contribution is -0.128. The fourth-order valence-corrected chi connectivity index (χ4v) is 4.54. The second-order valence-corrected chi connectivity index (χ2v) is 9.28. The van der Waals surface area contributed by atoms with Crippen molar-refractivity contribution in [2.75, 3.05) is 16.8 Å². The molecule has 2 heterocycles. The lowest BCUT2D eigenvalue weighted by atomic mass is 9.96. The number of ether oxygens (including phenoxy) is 1. The van der Waals surface area contributed by atoms with E-state index in [-0.39, 0.29) is 18.0 Å². The maximum Gasteiger partial charge on any atom is 0.338 e. The molecule has 0 unspecified atom stereocenters. The van der Waals surface area contributed by atoms with E-state index in [4.69, 9.17) is 4.74 Å². The van der Waals surface area contributed by atoms with E-state index >= 15 is 0 Å². The number of nitrogens with one attached hydrogen (secondary N) is 1. The number of amides is 4. The van der Waals surface area contributed by atoms with E-state index in [1.54, 1.807) is 74.5 Å². The molecule has 0 spiro atoms. The van der Waals surface area contributed by atoms with Gasteiger partial charge >= 0.3 is 5.97 Å². The molecule has 3 aromatic rings. The van der Waals surface area contributed by atoms with Crippen LogP contribution in [0.2, 0.25) is 0 Å². The van der Waals surface area contributed by atoms with Crippen molar-refractivity contribution in [1.29, 1.82) is 0 Å². The smallest absolute Gasteiger partial charge is 0.338 e. The van der Waals surface area contributed by atoms with Crippen LogP contribution in [0, 0.1) is 0 Å². The largest absolute Gasteiger partial charge is 0.452 e.